The predicted molar refractivity (Wildman–Crippen MR) is 161 cm³/mol. The average molecular weight is 683 g/mol. The summed E-state index contributed by atoms with van der Waals surface area (Å²) in [5.74, 6) is 1.31. The molecule has 1 aliphatic rings. The van der Waals surface area contributed by atoms with Crippen molar-refractivity contribution in [3.8, 4) is 17.2 Å². The molecule has 4 rings (SSSR count). The summed E-state index contributed by atoms with van der Waals surface area (Å²) in [6, 6.07) is 14.9. The Hall–Kier alpha value is -2.87. The molecule has 1 fully saturated rings. The first-order chi connectivity index (χ1) is 18.2. The Bertz CT molecular complexity index is 1450. The lowest BCUT2D eigenvalue weighted by Crippen LogP contribution is -2.27. The van der Waals surface area contributed by atoms with E-state index < -0.39 is 4.92 Å². The van der Waals surface area contributed by atoms with Gasteiger partial charge < -0.3 is 14.2 Å². The van der Waals surface area contributed by atoms with Crippen LogP contribution in [0.2, 0.25) is 5.02 Å². The van der Waals surface area contributed by atoms with Crippen LogP contribution < -0.4 is 19.1 Å². The van der Waals surface area contributed by atoms with Crippen molar-refractivity contribution in [2.24, 2.45) is 0 Å². The summed E-state index contributed by atoms with van der Waals surface area (Å²) in [5.41, 5.74) is 2.10. The number of thiocarbonyl (C=S) groups is 1. The molecule has 8 nitrogen and oxygen atoms in total. The second-order valence-electron chi connectivity index (χ2n) is 7.81. The van der Waals surface area contributed by atoms with Crippen LogP contribution in [0.15, 0.2) is 59.5 Å². The monoisotopic (exact) mass is 682 g/mol. The first-order valence-corrected chi connectivity index (χ1v) is 13.8. The molecule has 3 aromatic rings. The summed E-state index contributed by atoms with van der Waals surface area (Å²) in [5, 5.41) is 11.3. The smallest absolute Gasteiger partial charge is 0.270 e. The summed E-state index contributed by atoms with van der Waals surface area (Å²) < 4.78 is 18.2. The number of hydrogen-bond donors (Lipinski definition) is 0. The van der Waals surface area contributed by atoms with Crippen LogP contribution in [-0.4, -0.2) is 28.9 Å². The van der Waals surface area contributed by atoms with Gasteiger partial charge in [0.25, 0.3) is 11.6 Å². The zero-order valence-corrected chi connectivity index (χ0v) is 24.7. The van der Waals surface area contributed by atoms with Gasteiger partial charge in [0.15, 0.2) is 15.8 Å². The van der Waals surface area contributed by atoms with Crippen LogP contribution in [0.3, 0.4) is 0 Å². The highest BCUT2D eigenvalue weighted by Gasteiger charge is 2.33. The number of rotatable bonds is 9. The Morgan fingerprint density at radius 3 is 2.50 bits per heavy atom. The minimum absolute atomic E-state index is 0.0168. The second-order valence-corrected chi connectivity index (χ2v) is 11.1. The highest BCUT2D eigenvalue weighted by molar-refractivity contribution is 14.1. The van der Waals surface area contributed by atoms with Crippen molar-refractivity contribution in [2.75, 3.05) is 18.6 Å². The number of hydrogen-bond acceptors (Lipinski definition) is 8. The van der Waals surface area contributed by atoms with Crippen molar-refractivity contribution in [1.82, 2.24) is 0 Å². The molecular formula is C26H20ClIN2O6S2. The van der Waals surface area contributed by atoms with Gasteiger partial charge in [0, 0.05) is 12.1 Å². The Kier molecular flexibility index (Phi) is 9.13. The molecule has 0 aromatic heterocycles. The van der Waals surface area contributed by atoms with Crippen molar-refractivity contribution in [2.45, 2.75) is 13.5 Å². The molecule has 0 radical (unpaired) electrons. The van der Waals surface area contributed by atoms with E-state index in [1.54, 1.807) is 42.5 Å². The van der Waals surface area contributed by atoms with E-state index >= 15 is 0 Å². The number of ether oxygens (including phenoxy) is 3. The van der Waals surface area contributed by atoms with Crippen LogP contribution in [0.4, 0.5) is 11.4 Å². The largest absolute Gasteiger partial charge is 0.495 e. The predicted octanol–water partition coefficient (Wildman–Crippen LogP) is 7.24. The summed E-state index contributed by atoms with van der Waals surface area (Å²) in [6.45, 7) is 2.48. The third-order valence-corrected chi connectivity index (χ3v) is 7.75. The number of methoxy groups -OCH3 is 1. The van der Waals surface area contributed by atoms with E-state index in [-0.39, 0.29) is 18.2 Å². The number of anilines is 1. The van der Waals surface area contributed by atoms with Gasteiger partial charge in [-0.25, -0.2) is 0 Å². The van der Waals surface area contributed by atoms with Gasteiger partial charge in [0.1, 0.15) is 12.4 Å². The minimum atomic E-state index is -0.445. The van der Waals surface area contributed by atoms with E-state index in [4.69, 9.17) is 38.0 Å². The van der Waals surface area contributed by atoms with Gasteiger partial charge in [-0.1, -0.05) is 35.6 Å². The molecule has 1 aliphatic heterocycles. The van der Waals surface area contributed by atoms with Gasteiger partial charge in [-0.15, -0.1) is 0 Å². The third kappa shape index (κ3) is 6.22. The molecule has 0 bridgehead atoms. The number of non-ortho nitro benzene ring substituents is 1. The minimum Gasteiger partial charge on any atom is -0.495 e. The van der Waals surface area contributed by atoms with Crippen molar-refractivity contribution in [3.05, 3.63) is 89.3 Å². The number of thioether (sulfide) groups is 1. The quantitative estimate of drug-likeness (QED) is 0.0767. The van der Waals surface area contributed by atoms with E-state index in [1.165, 1.54) is 35.9 Å². The first kappa shape index (κ1) is 28.1. The maximum absolute atomic E-state index is 13.2. The lowest BCUT2D eigenvalue weighted by Gasteiger charge is -2.16. The molecule has 0 N–H and O–H groups in total. The lowest BCUT2D eigenvalue weighted by atomic mass is 10.1. The van der Waals surface area contributed by atoms with Crippen LogP contribution in [-0.2, 0) is 11.4 Å². The van der Waals surface area contributed by atoms with Crippen LogP contribution >= 0.6 is 58.2 Å². The average Bonchev–Trinajstić information content (AvgIpc) is 3.16. The van der Waals surface area contributed by atoms with Crippen molar-refractivity contribution in [1.29, 1.82) is 0 Å². The molecule has 1 saturated heterocycles. The summed E-state index contributed by atoms with van der Waals surface area (Å²) in [7, 11) is 1.52. The standard InChI is InChI=1S/C26H20ClIN2O6S2/c1-3-35-22-11-16(10-20(28)24(22)36-14-15-4-6-17(7-5-15)30(32)33)12-23-25(31)29(26(37)38-23)18-8-9-21(34-2)19(27)13-18/h4-13H,3,14H2,1-2H3/b23-12+. The highest BCUT2D eigenvalue weighted by Crippen LogP contribution is 2.40. The number of nitro groups is 1. The molecule has 38 heavy (non-hydrogen) atoms. The third-order valence-electron chi connectivity index (χ3n) is 5.35. The molecule has 196 valence electrons. The Morgan fingerprint density at radius 2 is 1.87 bits per heavy atom. The van der Waals surface area contributed by atoms with E-state index in [1.807, 2.05) is 13.0 Å². The molecule has 3 aromatic carbocycles. The number of carbonyl (C=O) groups excluding carboxylic acids is 1. The Balaban J connectivity index is 1.57. The van der Waals surface area contributed by atoms with Crippen LogP contribution in [0.1, 0.15) is 18.1 Å². The first-order valence-electron chi connectivity index (χ1n) is 11.2. The number of halogens is 2. The van der Waals surface area contributed by atoms with Gasteiger partial charge in [0.2, 0.25) is 0 Å². The van der Waals surface area contributed by atoms with Crippen LogP contribution in [0, 0.1) is 13.7 Å². The van der Waals surface area contributed by atoms with Gasteiger partial charge >= 0.3 is 0 Å². The molecular weight excluding hydrogens is 663 g/mol. The van der Waals surface area contributed by atoms with Crippen molar-refractivity contribution in [3.63, 3.8) is 0 Å². The van der Waals surface area contributed by atoms with Crippen molar-refractivity contribution < 1.29 is 23.9 Å². The number of amides is 1. The lowest BCUT2D eigenvalue weighted by molar-refractivity contribution is -0.384. The Morgan fingerprint density at radius 1 is 1.13 bits per heavy atom. The van der Waals surface area contributed by atoms with E-state index in [0.29, 0.717) is 43.8 Å². The van der Waals surface area contributed by atoms with Crippen LogP contribution in [0.25, 0.3) is 6.08 Å². The van der Waals surface area contributed by atoms with Crippen molar-refractivity contribution >= 4 is 85.9 Å². The molecule has 1 heterocycles. The highest BCUT2D eigenvalue weighted by atomic mass is 127. The molecule has 0 aliphatic carbocycles. The summed E-state index contributed by atoms with van der Waals surface area (Å²) in [4.78, 5) is 25.6. The normalized spacial score (nSPS) is 14.2. The summed E-state index contributed by atoms with van der Waals surface area (Å²) in [6.07, 6.45) is 1.76. The molecule has 12 heteroatoms. The fraction of sp³-hybridized carbons (Fsp3) is 0.154. The zero-order chi connectivity index (χ0) is 27.4. The maximum Gasteiger partial charge on any atom is 0.270 e. The fourth-order valence-corrected chi connectivity index (χ4v) is 5.91. The van der Waals surface area contributed by atoms with Gasteiger partial charge in [-0.2, -0.15) is 0 Å². The molecule has 1 amide bonds. The molecule has 0 unspecified atom stereocenters. The van der Waals surface area contributed by atoms with Gasteiger partial charge in [-0.05, 0) is 89.2 Å². The van der Waals surface area contributed by atoms with Crippen LogP contribution in [0.5, 0.6) is 17.2 Å². The number of nitro benzene ring substituents is 1. The summed E-state index contributed by atoms with van der Waals surface area (Å²) >= 11 is 15.1. The van der Waals surface area contributed by atoms with Gasteiger partial charge in [0.05, 0.1) is 37.8 Å². The number of benzene rings is 3. The Labute approximate surface area is 247 Å². The maximum atomic E-state index is 13.2. The van der Waals surface area contributed by atoms with Gasteiger partial charge in [-0.3, -0.25) is 19.8 Å². The zero-order valence-electron chi connectivity index (χ0n) is 20.1. The van der Waals surface area contributed by atoms with E-state index in [2.05, 4.69) is 22.6 Å². The van der Waals surface area contributed by atoms with E-state index in [9.17, 15) is 14.9 Å². The molecule has 0 atom stereocenters. The number of nitrogens with zero attached hydrogens (tertiary/aromatic N) is 2. The molecule has 0 spiro atoms. The van der Waals surface area contributed by atoms with E-state index in [0.717, 1.165) is 14.7 Å². The SMILES string of the molecule is CCOc1cc(/C=C2/SC(=S)N(c3ccc(OC)c(Cl)c3)C2=O)cc(I)c1OCc1ccc([N+](=O)[O-])cc1. The molecule has 0 saturated carbocycles. The second kappa shape index (κ2) is 12.3. The topological polar surface area (TPSA) is 91.1 Å². The fourth-order valence-electron chi connectivity index (χ4n) is 3.58. The number of carbonyl (C=O) groups is 1.